The van der Waals surface area contributed by atoms with Crippen molar-refractivity contribution in [2.45, 2.75) is 64.4 Å². The van der Waals surface area contributed by atoms with Crippen molar-refractivity contribution in [3.05, 3.63) is 71.3 Å². The molecule has 0 radical (unpaired) electrons. The molecule has 6 heteroatoms. The molecule has 4 rings (SSSR count). The van der Waals surface area contributed by atoms with Crippen LogP contribution in [0.25, 0.3) is 5.70 Å². The zero-order valence-corrected chi connectivity index (χ0v) is 20.1. The quantitative estimate of drug-likeness (QED) is 0.603. The summed E-state index contributed by atoms with van der Waals surface area (Å²) >= 11 is 0. The summed E-state index contributed by atoms with van der Waals surface area (Å²) in [4.78, 5) is 24.0. The van der Waals surface area contributed by atoms with E-state index in [1.807, 2.05) is 24.3 Å². The predicted octanol–water partition coefficient (Wildman–Crippen LogP) is 5.81. The van der Waals surface area contributed by atoms with Crippen molar-refractivity contribution in [1.29, 1.82) is 0 Å². The Bertz CT molecular complexity index is 1000. The monoisotopic (exact) mass is 449 g/mol. The number of anilines is 1. The van der Waals surface area contributed by atoms with E-state index in [1.165, 1.54) is 5.56 Å². The second-order valence-corrected chi connectivity index (χ2v) is 9.99. The van der Waals surface area contributed by atoms with E-state index in [1.54, 1.807) is 5.06 Å². The van der Waals surface area contributed by atoms with Crippen LogP contribution in [-0.2, 0) is 21.5 Å². The molecule has 1 saturated heterocycles. The fourth-order valence-electron chi connectivity index (χ4n) is 4.35. The number of carbonyl (C=O) groups excluding carboxylic acids is 1. The largest absolute Gasteiger partial charge is 0.430 e. The Kier molecular flexibility index (Phi) is 6.77. The van der Waals surface area contributed by atoms with Crippen molar-refractivity contribution in [2.75, 3.05) is 18.4 Å². The molecule has 2 aromatic carbocycles. The first kappa shape index (κ1) is 23.3. The van der Waals surface area contributed by atoms with Crippen LogP contribution in [0.4, 0.5) is 10.5 Å². The van der Waals surface area contributed by atoms with Gasteiger partial charge in [0.1, 0.15) is 5.60 Å². The first-order valence-electron chi connectivity index (χ1n) is 11.9. The minimum absolute atomic E-state index is 0.130. The smallest absolute Gasteiger partial charge is 0.351 e. The Morgan fingerprint density at radius 2 is 1.82 bits per heavy atom. The van der Waals surface area contributed by atoms with Crippen LogP contribution in [0.1, 0.15) is 63.6 Å². The molecule has 0 atom stereocenters. The SMILES string of the molecule is CCCc1ccccc1NC(=O)ON1CCC2(C=C(c3ccc(C(C)(C)C)cc3)NO2)CC1. The molecule has 1 fully saturated rings. The number of hydrogen-bond acceptors (Lipinski definition) is 5. The number of carbonyl (C=O) groups is 1. The first-order valence-corrected chi connectivity index (χ1v) is 11.9. The number of amides is 1. The molecule has 176 valence electrons. The Hall–Kier alpha value is -2.83. The molecule has 0 aliphatic carbocycles. The van der Waals surface area contributed by atoms with Gasteiger partial charge in [-0.2, -0.15) is 0 Å². The van der Waals surface area contributed by atoms with E-state index in [9.17, 15) is 4.79 Å². The number of nitrogens with zero attached hydrogens (tertiary/aromatic N) is 1. The van der Waals surface area contributed by atoms with Crippen LogP contribution >= 0.6 is 0 Å². The van der Waals surface area contributed by atoms with Gasteiger partial charge in [-0.15, -0.1) is 5.06 Å². The highest BCUT2D eigenvalue weighted by Crippen LogP contribution is 2.35. The highest BCUT2D eigenvalue weighted by molar-refractivity contribution is 5.85. The van der Waals surface area contributed by atoms with Crippen molar-refractivity contribution in [2.24, 2.45) is 0 Å². The van der Waals surface area contributed by atoms with Gasteiger partial charge in [0.2, 0.25) is 0 Å². The van der Waals surface area contributed by atoms with Crippen LogP contribution in [0.15, 0.2) is 54.6 Å². The van der Waals surface area contributed by atoms with Crippen molar-refractivity contribution in [1.82, 2.24) is 10.5 Å². The lowest BCUT2D eigenvalue weighted by molar-refractivity contribution is -0.153. The van der Waals surface area contributed by atoms with Crippen LogP contribution in [0.3, 0.4) is 0 Å². The first-order chi connectivity index (χ1) is 15.8. The lowest BCUT2D eigenvalue weighted by atomic mass is 9.86. The molecule has 2 N–H and O–H groups in total. The fourth-order valence-corrected chi connectivity index (χ4v) is 4.35. The van der Waals surface area contributed by atoms with E-state index < -0.39 is 6.09 Å². The number of nitrogens with one attached hydrogen (secondary N) is 2. The van der Waals surface area contributed by atoms with Crippen LogP contribution in [0, 0.1) is 0 Å². The number of benzene rings is 2. The Balaban J connectivity index is 1.32. The Morgan fingerprint density at radius 1 is 1.12 bits per heavy atom. The van der Waals surface area contributed by atoms with E-state index in [0.717, 1.165) is 48.2 Å². The summed E-state index contributed by atoms with van der Waals surface area (Å²) in [6.45, 7) is 9.99. The summed E-state index contributed by atoms with van der Waals surface area (Å²) in [5.74, 6) is 0. The molecule has 0 unspecified atom stereocenters. The highest BCUT2D eigenvalue weighted by atomic mass is 16.7. The molecule has 2 aliphatic rings. The number of aryl methyl sites for hydroxylation is 1. The third-order valence-corrected chi connectivity index (χ3v) is 6.39. The predicted molar refractivity (Wildman–Crippen MR) is 131 cm³/mol. The maximum atomic E-state index is 12.5. The maximum Gasteiger partial charge on any atom is 0.430 e. The summed E-state index contributed by atoms with van der Waals surface area (Å²) in [6.07, 6.45) is 5.15. The third kappa shape index (κ3) is 5.57. The minimum atomic E-state index is -0.449. The van der Waals surface area contributed by atoms with Gasteiger partial charge in [-0.1, -0.05) is 76.6 Å². The van der Waals surface area contributed by atoms with Gasteiger partial charge in [0.05, 0.1) is 5.70 Å². The molecular formula is C27H35N3O3. The molecular weight excluding hydrogens is 414 g/mol. The van der Waals surface area contributed by atoms with Crippen LogP contribution in [0.5, 0.6) is 0 Å². The summed E-state index contributed by atoms with van der Waals surface area (Å²) in [5.41, 5.74) is 8.22. The number of rotatable bonds is 5. The molecule has 0 aromatic heterocycles. The average molecular weight is 450 g/mol. The van der Waals surface area contributed by atoms with Crippen LogP contribution in [0.2, 0.25) is 0 Å². The molecule has 0 bridgehead atoms. The van der Waals surface area contributed by atoms with E-state index >= 15 is 0 Å². The third-order valence-electron chi connectivity index (χ3n) is 6.39. The van der Waals surface area contributed by atoms with Crippen molar-refractivity contribution < 1.29 is 14.5 Å². The number of hydrogen-bond donors (Lipinski definition) is 2. The topological polar surface area (TPSA) is 62.8 Å². The van der Waals surface area contributed by atoms with E-state index in [0.29, 0.717) is 13.1 Å². The maximum absolute atomic E-state index is 12.5. The van der Waals surface area contributed by atoms with Gasteiger partial charge in [-0.25, -0.2) is 4.79 Å². The second-order valence-electron chi connectivity index (χ2n) is 9.99. The van der Waals surface area contributed by atoms with Gasteiger partial charge in [-0.05, 0) is 53.5 Å². The molecule has 2 aliphatic heterocycles. The molecule has 0 saturated carbocycles. The highest BCUT2D eigenvalue weighted by Gasteiger charge is 2.40. The Morgan fingerprint density at radius 3 is 2.48 bits per heavy atom. The van der Waals surface area contributed by atoms with Crippen molar-refractivity contribution >= 4 is 17.5 Å². The average Bonchev–Trinajstić information content (AvgIpc) is 3.20. The number of piperidine rings is 1. The Labute approximate surface area is 196 Å². The molecule has 1 amide bonds. The molecule has 33 heavy (non-hydrogen) atoms. The van der Waals surface area contributed by atoms with Gasteiger partial charge in [0, 0.05) is 18.8 Å². The molecule has 6 nitrogen and oxygen atoms in total. The summed E-state index contributed by atoms with van der Waals surface area (Å²) in [5, 5.41) is 4.61. The normalized spacial score (nSPS) is 18.0. The van der Waals surface area contributed by atoms with Gasteiger partial charge in [-0.3, -0.25) is 15.6 Å². The number of para-hydroxylation sites is 1. The van der Waals surface area contributed by atoms with Gasteiger partial charge in [0.15, 0.2) is 0 Å². The standard InChI is InChI=1S/C27H35N3O3/c1-5-8-20-9-6-7-10-23(20)28-25(31)32-30-17-15-27(16-18-30)19-24(29-33-27)21-11-13-22(14-12-21)26(2,3)4/h6-7,9-14,19,29H,5,8,15-18H2,1-4H3,(H,28,31). The van der Waals surface area contributed by atoms with Crippen molar-refractivity contribution in [3.8, 4) is 0 Å². The summed E-state index contributed by atoms with van der Waals surface area (Å²) in [7, 11) is 0. The molecule has 2 aromatic rings. The lowest BCUT2D eigenvalue weighted by Crippen LogP contribution is -2.45. The van der Waals surface area contributed by atoms with E-state index in [-0.39, 0.29) is 11.0 Å². The second kappa shape index (κ2) is 9.57. The van der Waals surface area contributed by atoms with Gasteiger partial charge in [0.25, 0.3) is 0 Å². The molecule has 2 heterocycles. The fraction of sp³-hybridized carbons (Fsp3) is 0.444. The summed E-state index contributed by atoms with van der Waals surface area (Å²) < 4.78 is 0. The van der Waals surface area contributed by atoms with Gasteiger partial charge >= 0.3 is 6.09 Å². The van der Waals surface area contributed by atoms with Crippen molar-refractivity contribution in [3.63, 3.8) is 0 Å². The minimum Gasteiger partial charge on any atom is -0.351 e. The van der Waals surface area contributed by atoms with Crippen LogP contribution in [-0.4, -0.2) is 29.8 Å². The van der Waals surface area contributed by atoms with Crippen LogP contribution < -0.4 is 10.8 Å². The van der Waals surface area contributed by atoms with E-state index in [2.05, 4.69) is 68.8 Å². The lowest BCUT2D eigenvalue weighted by Gasteiger charge is -2.35. The zero-order valence-electron chi connectivity index (χ0n) is 20.1. The zero-order chi connectivity index (χ0) is 23.5. The summed E-state index contributed by atoms with van der Waals surface area (Å²) in [6, 6.07) is 16.5. The molecule has 1 spiro atoms. The van der Waals surface area contributed by atoms with Gasteiger partial charge < -0.3 is 4.84 Å². The van der Waals surface area contributed by atoms with E-state index in [4.69, 9.17) is 9.68 Å². The number of hydroxylamine groups is 3.